The molecule has 1 aliphatic carbocycles. The van der Waals surface area contributed by atoms with Crippen molar-refractivity contribution in [2.45, 2.75) is 31.4 Å². The number of hydrogen-bond acceptors (Lipinski definition) is 4. The molecule has 3 N–H and O–H groups in total. The molecule has 4 nitrogen and oxygen atoms in total. The third-order valence-electron chi connectivity index (χ3n) is 3.70. The van der Waals surface area contributed by atoms with Crippen molar-refractivity contribution >= 4 is 17.2 Å². The summed E-state index contributed by atoms with van der Waals surface area (Å²) in [7, 11) is 0. The van der Waals surface area contributed by atoms with Crippen molar-refractivity contribution < 1.29 is 9.63 Å². The zero-order valence-corrected chi connectivity index (χ0v) is 12.4. The van der Waals surface area contributed by atoms with Gasteiger partial charge in [0.05, 0.1) is 6.10 Å². The van der Waals surface area contributed by atoms with Gasteiger partial charge in [-0.2, -0.15) is 5.48 Å². The maximum Gasteiger partial charge on any atom is 0.237 e. The van der Waals surface area contributed by atoms with Crippen molar-refractivity contribution in [2.75, 3.05) is 0 Å². The normalized spacial score (nSPS) is 18.4. The first-order valence-electron chi connectivity index (χ1n) is 7.02. The summed E-state index contributed by atoms with van der Waals surface area (Å²) in [6.07, 6.45) is 2.41. The maximum absolute atomic E-state index is 11.6. The van der Waals surface area contributed by atoms with Gasteiger partial charge in [0, 0.05) is 17.7 Å². The van der Waals surface area contributed by atoms with Crippen LogP contribution >= 0.6 is 11.3 Å². The summed E-state index contributed by atoms with van der Waals surface area (Å²) in [6, 6.07) is 11.4. The highest BCUT2D eigenvalue weighted by Gasteiger charge is 2.25. The molecule has 110 valence electrons. The number of carbonyl (C=O) groups excluding carboxylic acids is 1. The van der Waals surface area contributed by atoms with Gasteiger partial charge in [-0.3, -0.25) is 9.63 Å². The molecule has 3 rings (SSSR count). The monoisotopic (exact) mass is 302 g/mol. The molecule has 5 heteroatoms. The maximum atomic E-state index is 11.6. The summed E-state index contributed by atoms with van der Waals surface area (Å²) < 4.78 is 0. The third kappa shape index (κ3) is 3.50. The van der Waals surface area contributed by atoms with E-state index in [1.165, 1.54) is 10.4 Å². The van der Waals surface area contributed by atoms with E-state index < -0.39 is 11.9 Å². The molecule has 1 aromatic heterocycles. The molecule has 0 fully saturated rings. The van der Waals surface area contributed by atoms with Gasteiger partial charge in [-0.1, -0.05) is 30.3 Å². The second-order valence-electron chi connectivity index (χ2n) is 5.28. The van der Waals surface area contributed by atoms with Crippen LogP contribution in [0.1, 0.15) is 16.0 Å². The molecule has 1 heterocycles. The van der Waals surface area contributed by atoms with Crippen LogP contribution in [0.15, 0.2) is 41.8 Å². The quantitative estimate of drug-likeness (QED) is 0.800. The summed E-state index contributed by atoms with van der Waals surface area (Å²) in [5.41, 5.74) is 10.7. The Labute approximate surface area is 127 Å². The number of hydrogen-bond donors (Lipinski definition) is 2. The van der Waals surface area contributed by atoms with Crippen molar-refractivity contribution in [3.8, 4) is 0 Å². The zero-order chi connectivity index (χ0) is 14.7. The average molecular weight is 302 g/mol. The lowest BCUT2D eigenvalue weighted by atomic mass is 10.1. The Kier molecular flexibility index (Phi) is 4.34. The summed E-state index contributed by atoms with van der Waals surface area (Å²) in [5.74, 6) is -0.397. The van der Waals surface area contributed by atoms with E-state index in [4.69, 9.17) is 10.6 Å². The molecule has 0 spiro atoms. The van der Waals surface area contributed by atoms with Crippen LogP contribution < -0.4 is 11.2 Å². The largest absolute Gasteiger partial charge is 0.368 e. The van der Waals surface area contributed by atoms with Gasteiger partial charge >= 0.3 is 0 Å². The lowest BCUT2D eigenvalue weighted by molar-refractivity contribution is -0.126. The van der Waals surface area contributed by atoms with Crippen LogP contribution in [0.25, 0.3) is 0 Å². The molecule has 0 aliphatic heterocycles. The Morgan fingerprint density at radius 3 is 2.86 bits per heavy atom. The van der Waals surface area contributed by atoms with Crippen LogP contribution in [0, 0.1) is 0 Å². The fourth-order valence-corrected chi connectivity index (χ4v) is 3.55. The molecule has 0 radical (unpaired) electrons. The highest BCUT2D eigenvalue weighted by Crippen LogP contribution is 2.28. The predicted octanol–water partition coefficient (Wildman–Crippen LogP) is 1.83. The van der Waals surface area contributed by atoms with Crippen LogP contribution in [-0.2, 0) is 28.9 Å². The second kappa shape index (κ2) is 6.39. The number of benzene rings is 1. The van der Waals surface area contributed by atoms with E-state index in [0.29, 0.717) is 6.42 Å². The molecule has 2 atom stereocenters. The SMILES string of the molecule is NC(=O)[C@H](Cc1ccccc1)NO[C@@H]1Cc2ccsc2C1. The Hall–Kier alpha value is -1.69. The van der Waals surface area contributed by atoms with Gasteiger partial charge in [-0.15, -0.1) is 11.3 Å². The number of primary amides is 1. The van der Waals surface area contributed by atoms with Gasteiger partial charge in [-0.05, 0) is 29.0 Å². The van der Waals surface area contributed by atoms with E-state index >= 15 is 0 Å². The number of nitrogens with one attached hydrogen (secondary N) is 1. The molecule has 21 heavy (non-hydrogen) atoms. The molecule has 1 aliphatic rings. The first-order valence-corrected chi connectivity index (χ1v) is 7.90. The Bertz CT molecular complexity index is 591. The summed E-state index contributed by atoms with van der Waals surface area (Å²) >= 11 is 1.76. The molecule has 2 aromatic rings. The predicted molar refractivity (Wildman–Crippen MR) is 82.9 cm³/mol. The first-order chi connectivity index (χ1) is 10.2. The smallest absolute Gasteiger partial charge is 0.237 e. The lowest BCUT2D eigenvalue weighted by Crippen LogP contribution is -2.44. The highest BCUT2D eigenvalue weighted by molar-refractivity contribution is 7.10. The molecule has 0 bridgehead atoms. The number of fused-ring (bicyclic) bond motifs is 1. The molecule has 0 saturated carbocycles. The van der Waals surface area contributed by atoms with Crippen molar-refractivity contribution in [1.82, 2.24) is 5.48 Å². The summed E-state index contributed by atoms with van der Waals surface area (Å²) in [5, 5.41) is 2.11. The van der Waals surface area contributed by atoms with Crippen molar-refractivity contribution in [3.63, 3.8) is 0 Å². The number of hydroxylamine groups is 1. The third-order valence-corrected chi connectivity index (χ3v) is 4.69. The molecular weight excluding hydrogens is 284 g/mol. The topological polar surface area (TPSA) is 64.4 Å². The van der Waals surface area contributed by atoms with Crippen LogP contribution in [0.3, 0.4) is 0 Å². The first kappa shape index (κ1) is 14.3. The number of carbonyl (C=O) groups is 1. The zero-order valence-electron chi connectivity index (χ0n) is 11.6. The fraction of sp³-hybridized carbons (Fsp3) is 0.312. The summed E-state index contributed by atoms with van der Waals surface area (Å²) in [4.78, 5) is 18.6. The van der Waals surface area contributed by atoms with Crippen LogP contribution in [0.2, 0.25) is 0 Å². The van der Waals surface area contributed by atoms with Crippen molar-refractivity contribution in [2.24, 2.45) is 5.73 Å². The number of amides is 1. The van der Waals surface area contributed by atoms with E-state index in [2.05, 4.69) is 16.9 Å². The van der Waals surface area contributed by atoms with Gasteiger partial charge in [0.1, 0.15) is 6.04 Å². The minimum absolute atomic E-state index is 0.0880. The number of nitrogens with two attached hydrogens (primary N) is 1. The highest BCUT2D eigenvalue weighted by atomic mass is 32.1. The minimum atomic E-state index is -0.508. The van der Waals surface area contributed by atoms with E-state index in [1.807, 2.05) is 30.3 Å². The second-order valence-corrected chi connectivity index (χ2v) is 6.28. The molecule has 1 aromatic carbocycles. The van der Waals surface area contributed by atoms with Crippen molar-refractivity contribution in [1.29, 1.82) is 0 Å². The summed E-state index contributed by atoms with van der Waals surface area (Å²) in [6.45, 7) is 0. The van der Waals surface area contributed by atoms with E-state index in [0.717, 1.165) is 18.4 Å². The number of rotatable bonds is 6. The van der Waals surface area contributed by atoms with E-state index in [1.54, 1.807) is 11.3 Å². The minimum Gasteiger partial charge on any atom is -0.368 e. The van der Waals surface area contributed by atoms with Gasteiger partial charge in [0.2, 0.25) is 5.91 Å². The molecule has 0 unspecified atom stereocenters. The van der Waals surface area contributed by atoms with Gasteiger partial charge in [0.25, 0.3) is 0 Å². The fourth-order valence-electron chi connectivity index (χ4n) is 2.56. The van der Waals surface area contributed by atoms with Crippen LogP contribution in [0.4, 0.5) is 0 Å². The standard InChI is InChI=1S/C16H18N2O2S/c17-16(19)14(8-11-4-2-1-3-5-11)18-20-13-9-12-6-7-21-15(12)10-13/h1-7,13-14,18H,8-10H2,(H2,17,19)/t13-,14+/m1/s1. The Morgan fingerprint density at radius 2 is 2.14 bits per heavy atom. The van der Waals surface area contributed by atoms with Gasteiger partial charge in [-0.25, -0.2) is 0 Å². The molecular formula is C16H18N2O2S. The Morgan fingerprint density at radius 1 is 1.33 bits per heavy atom. The molecule has 1 amide bonds. The van der Waals surface area contributed by atoms with Gasteiger partial charge < -0.3 is 5.73 Å². The molecule has 0 saturated heterocycles. The van der Waals surface area contributed by atoms with Gasteiger partial charge in [0.15, 0.2) is 0 Å². The van der Waals surface area contributed by atoms with E-state index in [-0.39, 0.29) is 6.10 Å². The van der Waals surface area contributed by atoms with Crippen LogP contribution in [0.5, 0.6) is 0 Å². The number of thiophene rings is 1. The van der Waals surface area contributed by atoms with E-state index in [9.17, 15) is 4.79 Å². The van der Waals surface area contributed by atoms with Crippen molar-refractivity contribution in [3.05, 3.63) is 57.8 Å². The van der Waals surface area contributed by atoms with Crippen LogP contribution in [-0.4, -0.2) is 18.1 Å². The Balaban J connectivity index is 1.54. The lowest BCUT2D eigenvalue weighted by Gasteiger charge is -2.18. The average Bonchev–Trinajstić information content (AvgIpc) is 3.05.